The Morgan fingerprint density at radius 2 is 1.20 bits per heavy atom. The van der Waals surface area contributed by atoms with Gasteiger partial charge in [0, 0.05) is 0 Å². The molecular formula is C19H33N. The van der Waals surface area contributed by atoms with Crippen molar-refractivity contribution in [3.63, 3.8) is 0 Å². The molecule has 1 N–H and O–H groups in total. The molecule has 0 bridgehead atoms. The molecule has 1 aromatic rings. The molecule has 1 heteroatoms. The predicted octanol–water partition coefficient (Wildman–Crippen LogP) is 4.94. The topological polar surface area (TPSA) is 12.0 Å². The van der Waals surface area contributed by atoms with Crippen molar-refractivity contribution in [1.82, 2.24) is 5.32 Å². The van der Waals surface area contributed by atoms with E-state index in [1.54, 1.807) is 5.56 Å². The van der Waals surface area contributed by atoms with Gasteiger partial charge in [-0.3, -0.25) is 0 Å². The second-order valence-corrected chi connectivity index (χ2v) is 6.16. The van der Waals surface area contributed by atoms with Gasteiger partial charge >= 0.3 is 0 Å². The Labute approximate surface area is 126 Å². The average Bonchev–Trinajstić information content (AvgIpc) is 2.45. The van der Waals surface area contributed by atoms with Crippen LogP contribution in [0.2, 0.25) is 0 Å². The van der Waals surface area contributed by atoms with E-state index in [0.29, 0.717) is 0 Å². The molecule has 0 saturated carbocycles. The molecule has 0 aliphatic rings. The minimum Gasteiger partial charge on any atom is -0.317 e. The molecule has 0 spiro atoms. The maximum Gasteiger partial charge on any atom is -0.00489 e. The summed E-state index contributed by atoms with van der Waals surface area (Å²) in [5.74, 6) is 0. The number of nitrogens with one attached hydrogen (secondary N) is 1. The van der Waals surface area contributed by atoms with Gasteiger partial charge < -0.3 is 5.32 Å². The van der Waals surface area contributed by atoms with E-state index in [1.807, 2.05) is 0 Å². The molecule has 0 aliphatic heterocycles. The van der Waals surface area contributed by atoms with E-state index in [0.717, 1.165) is 6.54 Å². The summed E-state index contributed by atoms with van der Waals surface area (Å²) in [5.41, 5.74) is 9.12. The summed E-state index contributed by atoms with van der Waals surface area (Å²) < 4.78 is 0. The lowest BCUT2D eigenvalue weighted by atomic mass is 9.87. The zero-order chi connectivity index (χ0) is 15.1. The van der Waals surface area contributed by atoms with Crippen LogP contribution in [0.5, 0.6) is 0 Å². The molecule has 0 unspecified atom stereocenters. The fourth-order valence-corrected chi connectivity index (χ4v) is 2.98. The smallest absolute Gasteiger partial charge is 0.00489 e. The van der Waals surface area contributed by atoms with Crippen molar-refractivity contribution in [2.75, 3.05) is 13.1 Å². The summed E-state index contributed by atoms with van der Waals surface area (Å²) in [5, 5.41) is 3.48. The molecule has 0 amide bonds. The van der Waals surface area contributed by atoms with E-state index in [2.05, 4.69) is 46.9 Å². The number of hydrogen-bond donors (Lipinski definition) is 1. The van der Waals surface area contributed by atoms with Crippen molar-refractivity contribution in [3.05, 3.63) is 33.4 Å². The third kappa shape index (κ3) is 4.34. The highest BCUT2D eigenvalue weighted by atomic mass is 14.8. The van der Waals surface area contributed by atoms with E-state index in [9.17, 15) is 0 Å². The Bertz CT molecular complexity index is 403. The Balaban J connectivity index is 2.52. The molecule has 0 radical (unpaired) electrons. The summed E-state index contributed by atoms with van der Waals surface area (Å²) in [7, 11) is 0. The minimum absolute atomic E-state index is 1.16. The molecular weight excluding hydrogens is 242 g/mol. The van der Waals surface area contributed by atoms with Crippen LogP contribution < -0.4 is 5.32 Å². The summed E-state index contributed by atoms with van der Waals surface area (Å²) in [4.78, 5) is 0. The first-order valence-corrected chi connectivity index (χ1v) is 8.27. The Morgan fingerprint density at radius 3 is 1.75 bits per heavy atom. The van der Waals surface area contributed by atoms with Crippen molar-refractivity contribution in [2.45, 2.75) is 73.6 Å². The van der Waals surface area contributed by atoms with Gasteiger partial charge in [0.15, 0.2) is 0 Å². The van der Waals surface area contributed by atoms with Gasteiger partial charge in [-0.15, -0.1) is 0 Å². The maximum atomic E-state index is 3.48. The quantitative estimate of drug-likeness (QED) is 0.663. The van der Waals surface area contributed by atoms with Crippen LogP contribution in [-0.2, 0) is 6.42 Å². The van der Waals surface area contributed by atoms with E-state index in [4.69, 9.17) is 0 Å². The molecule has 1 rings (SSSR count). The predicted molar refractivity (Wildman–Crippen MR) is 90.8 cm³/mol. The Hall–Kier alpha value is -0.820. The summed E-state index contributed by atoms with van der Waals surface area (Å²) in [6, 6.07) is 0. The molecule has 0 heterocycles. The molecule has 1 aromatic carbocycles. The van der Waals surface area contributed by atoms with E-state index >= 15 is 0 Å². The van der Waals surface area contributed by atoms with Crippen molar-refractivity contribution in [3.8, 4) is 0 Å². The first-order valence-electron chi connectivity index (χ1n) is 8.27. The molecule has 20 heavy (non-hydrogen) atoms. The fraction of sp³-hybridized carbons (Fsp3) is 0.684. The van der Waals surface area contributed by atoms with Crippen molar-refractivity contribution < 1.29 is 0 Å². The number of unbranched alkanes of at least 4 members (excludes halogenated alkanes) is 2. The lowest BCUT2D eigenvalue weighted by Gasteiger charge is -2.18. The van der Waals surface area contributed by atoms with Crippen molar-refractivity contribution in [1.29, 1.82) is 0 Å². The van der Waals surface area contributed by atoms with Crippen LogP contribution in [0.25, 0.3) is 0 Å². The van der Waals surface area contributed by atoms with Crippen LogP contribution in [0, 0.1) is 34.6 Å². The van der Waals surface area contributed by atoms with Crippen LogP contribution in [0.4, 0.5) is 0 Å². The number of hydrogen-bond acceptors (Lipinski definition) is 1. The van der Waals surface area contributed by atoms with E-state index in [1.165, 1.54) is 66.5 Å². The minimum atomic E-state index is 1.16. The third-order valence-electron chi connectivity index (χ3n) is 4.86. The average molecular weight is 275 g/mol. The fourth-order valence-electron chi connectivity index (χ4n) is 2.98. The normalized spacial score (nSPS) is 11.1. The largest absolute Gasteiger partial charge is 0.317 e. The first-order chi connectivity index (χ1) is 9.50. The van der Waals surface area contributed by atoms with E-state index in [-0.39, 0.29) is 0 Å². The van der Waals surface area contributed by atoms with Crippen LogP contribution in [0.15, 0.2) is 0 Å². The van der Waals surface area contributed by atoms with Gasteiger partial charge in [0.2, 0.25) is 0 Å². The molecule has 0 aromatic heterocycles. The zero-order valence-electron chi connectivity index (χ0n) is 14.4. The third-order valence-corrected chi connectivity index (χ3v) is 4.86. The second kappa shape index (κ2) is 8.46. The van der Waals surface area contributed by atoms with Gasteiger partial charge in [0.1, 0.15) is 0 Å². The Morgan fingerprint density at radius 1 is 0.650 bits per heavy atom. The maximum absolute atomic E-state index is 3.48. The zero-order valence-corrected chi connectivity index (χ0v) is 14.4. The second-order valence-electron chi connectivity index (χ2n) is 6.16. The first kappa shape index (κ1) is 17.2. The lowest BCUT2D eigenvalue weighted by molar-refractivity contribution is 0.598. The monoisotopic (exact) mass is 275 g/mol. The van der Waals surface area contributed by atoms with Crippen LogP contribution >= 0.6 is 0 Å². The standard InChI is InChI=1S/C19H33N/c1-7-12-20-13-10-8-9-11-19-17(5)15(3)14(2)16(4)18(19)6/h20H,7-13H2,1-6H3. The van der Waals surface area contributed by atoms with Crippen molar-refractivity contribution >= 4 is 0 Å². The Kier molecular flexibility index (Phi) is 7.29. The lowest BCUT2D eigenvalue weighted by Crippen LogP contribution is -2.15. The van der Waals surface area contributed by atoms with Gasteiger partial charge in [-0.05, 0) is 107 Å². The SMILES string of the molecule is CCCNCCCCCc1c(C)c(C)c(C)c(C)c1C. The molecule has 0 saturated heterocycles. The highest BCUT2D eigenvalue weighted by molar-refractivity contribution is 5.49. The molecule has 0 fully saturated rings. The van der Waals surface area contributed by atoms with Gasteiger partial charge in [0.05, 0.1) is 0 Å². The molecule has 0 aliphatic carbocycles. The van der Waals surface area contributed by atoms with Crippen LogP contribution in [0.3, 0.4) is 0 Å². The van der Waals surface area contributed by atoms with Gasteiger partial charge in [-0.25, -0.2) is 0 Å². The van der Waals surface area contributed by atoms with Crippen LogP contribution in [0.1, 0.15) is 66.0 Å². The van der Waals surface area contributed by atoms with E-state index < -0.39 is 0 Å². The molecule has 114 valence electrons. The molecule has 0 atom stereocenters. The van der Waals surface area contributed by atoms with Gasteiger partial charge in [0.25, 0.3) is 0 Å². The van der Waals surface area contributed by atoms with Gasteiger partial charge in [-0.1, -0.05) is 13.3 Å². The summed E-state index contributed by atoms with van der Waals surface area (Å²) in [6.45, 7) is 16.0. The number of benzene rings is 1. The number of rotatable bonds is 8. The molecule has 1 nitrogen and oxygen atoms in total. The summed E-state index contributed by atoms with van der Waals surface area (Å²) >= 11 is 0. The van der Waals surface area contributed by atoms with Crippen LogP contribution in [-0.4, -0.2) is 13.1 Å². The van der Waals surface area contributed by atoms with Gasteiger partial charge in [-0.2, -0.15) is 0 Å². The van der Waals surface area contributed by atoms with Crippen molar-refractivity contribution in [2.24, 2.45) is 0 Å². The highest BCUT2D eigenvalue weighted by Gasteiger charge is 2.11. The summed E-state index contributed by atoms with van der Waals surface area (Å²) in [6.07, 6.45) is 6.44. The highest BCUT2D eigenvalue weighted by Crippen LogP contribution is 2.27.